The van der Waals surface area contributed by atoms with Crippen LogP contribution in [0.2, 0.25) is 0 Å². The van der Waals surface area contributed by atoms with Crippen LogP contribution in [0.4, 0.5) is 11.6 Å². The maximum Gasteiger partial charge on any atom is 0.134 e. The summed E-state index contributed by atoms with van der Waals surface area (Å²) >= 11 is 0. The summed E-state index contributed by atoms with van der Waals surface area (Å²) in [6.07, 6.45) is 2.95. The molecule has 0 bridgehead atoms. The van der Waals surface area contributed by atoms with Gasteiger partial charge in [-0.05, 0) is 19.8 Å². The molecule has 0 amide bonds. The zero-order chi connectivity index (χ0) is 15.0. The fourth-order valence-corrected chi connectivity index (χ4v) is 1.90. The number of aryl methyl sites for hydroxylation is 1. The highest BCUT2D eigenvalue weighted by Crippen LogP contribution is 2.17. The Morgan fingerprint density at radius 3 is 2.70 bits per heavy atom. The first-order chi connectivity index (χ1) is 9.60. The van der Waals surface area contributed by atoms with Crippen LogP contribution in [0.25, 0.3) is 0 Å². The summed E-state index contributed by atoms with van der Waals surface area (Å²) < 4.78 is 0. The van der Waals surface area contributed by atoms with Gasteiger partial charge in [-0.2, -0.15) is 5.26 Å². The van der Waals surface area contributed by atoms with Crippen molar-refractivity contribution in [1.82, 2.24) is 9.97 Å². The number of hydrogen-bond donors (Lipinski definition) is 1. The van der Waals surface area contributed by atoms with E-state index in [2.05, 4.69) is 35.2 Å². The molecule has 1 atom stereocenters. The average molecular weight is 275 g/mol. The van der Waals surface area contributed by atoms with Crippen molar-refractivity contribution in [3.63, 3.8) is 0 Å². The first-order valence-electron chi connectivity index (χ1n) is 7.33. The molecule has 0 saturated carbocycles. The van der Waals surface area contributed by atoms with E-state index in [4.69, 9.17) is 5.26 Å². The zero-order valence-electron chi connectivity index (χ0n) is 13.0. The summed E-state index contributed by atoms with van der Waals surface area (Å²) in [5.74, 6) is 2.60. The van der Waals surface area contributed by atoms with Crippen molar-refractivity contribution >= 4 is 11.6 Å². The number of aromatic nitrogens is 2. The smallest absolute Gasteiger partial charge is 0.134 e. The highest BCUT2D eigenvalue weighted by Gasteiger charge is 2.11. The number of nitrogens with zero attached hydrogens (tertiary/aromatic N) is 4. The van der Waals surface area contributed by atoms with Gasteiger partial charge in [0.1, 0.15) is 17.5 Å². The molecule has 5 nitrogen and oxygen atoms in total. The van der Waals surface area contributed by atoms with Gasteiger partial charge in [0.15, 0.2) is 0 Å². The molecular weight excluding hydrogens is 250 g/mol. The Morgan fingerprint density at radius 2 is 2.10 bits per heavy atom. The van der Waals surface area contributed by atoms with E-state index in [1.165, 1.54) is 0 Å². The van der Waals surface area contributed by atoms with Gasteiger partial charge in [0, 0.05) is 32.6 Å². The molecule has 20 heavy (non-hydrogen) atoms. The Labute approximate surface area is 122 Å². The molecule has 110 valence electrons. The molecular formula is C15H25N5. The molecule has 0 aliphatic heterocycles. The van der Waals surface area contributed by atoms with Gasteiger partial charge in [-0.3, -0.25) is 0 Å². The number of nitriles is 1. The van der Waals surface area contributed by atoms with Crippen molar-refractivity contribution < 1.29 is 0 Å². The second-order valence-electron chi connectivity index (χ2n) is 5.12. The minimum Gasteiger partial charge on any atom is -0.370 e. The molecule has 1 heterocycles. The molecule has 0 fully saturated rings. The van der Waals surface area contributed by atoms with E-state index in [0.717, 1.165) is 43.3 Å². The van der Waals surface area contributed by atoms with E-state index in [1.807, 2.05) is 24.9 Å². The van der Waals surface area contributed by atoms with Crippen LogP contribution in [0.5, 0.6) is 0 Å². The molecule has 1 unspecified atom stereocenters. The molecule has 0 radical (unpaired) electrons. The highest BCUT2D eigenvalue weighted by molar-refractivity contribution is 5.49. The predicted octanol–water partition coefficient (Wildman–Crippen LogP) is 2.85. The van der Waals surface area contributed by atoms with Crippen LogP contribution in [-0.4, -0.2) is 30.1 Å². The second kappa shape index (κ2) is 8.36. The van der Waals surface area contributed by atoms with Crippen LogP contribution in [0.3, 0.4) is 0 Å². The zero-order valence-corrected chi connectivity index (χ0v) is 13.0. The Morgan fingerprint density at radius 1 is 1.35 bits per heavy atom. The highest BCUT2D eigenvalue weighted by atomic mass is 15.2. The minimum absolute atomic E-state index is 0.0170. The Hall–Kier alpha value is -1.83. The lowest BCUT2D eigenvalue weighted by molar-refractivity contribution is 0.705. The van der Waals surface area contributed by atoms with Gasteiger partial charge in [-0.15, -0.1) is 0 Å². The molecule has 0 saturated heterocycles. The van der Waals surface area contributed by atoms with E-state index in [9.17, 15) is 0 Å². The number of anilines is 2. The van der Waals surface area contributed by atoms with Crippen molar-refractivity contribution in [2.45, 2.75) is 40.0 Å². The molecule has 0 aromatic carbocycles. The first kappa shape index (κ1) is 16.2. The molecule has 0 spiro atoms. The lowest BCUT2D eigenvalue weighted by atomic mass is 10.2. The van der Waals surface area contributed by atoms with Crippen LogP contribution in [0, 0.1) is 17.2 Å². The fourth-order valence-electron chi connectivity index (χ4n) is 1.90. The van der Waals surface area contributed by atoms with Gasteiger partial charge in [0.2, 0.25) is 0 Å². The Balaban J connectivity index is 2.92. The van der Waals surface area contributed by atoms with E-state index in [-0.39, 0.29) is 5.92 Å². The van der Waals surface area contributed by atoms with E-state index >= 15 is 0 Å². The summed E-state index contributed by atoms with van der Waals surface area (Å²) in [6, 6.07) is 4.21. The summed E-state index contributed by atoms with van der Waals surface area (Å²) in [4.78, 5) is 11.1. The summed E-state index contributed by atoms with van der Waals surface area (Å²) in [5, 5.41) is 12.2. The topological polar surface area (TPSA) is 64.8 Å². The monoisotopic (exact) mass is 275 g/mol. The average Bonchev–Trinajstić information content (AvgIpc) is 2.45. The van der Waals surface area contributed by atoms with Gasteiger partial charge in [-0.1, -0.05) is 13.8 Å². The quantitative estimate of drug-likeness (QED) is 0.790. The number of hydrogen-bond acceptors (Lipinski definition) is 5. The van der Waals surface area contributed by atoms with Crippen LogP contribution in [0.15, 0.2) is 6.07 Å². The Bertz CT molecular complexity index is 452. The van der Waals surface area contributed by atoms with Crippen molar-refractivity contribution in [2.75, 3.05) is 30.4 Å². The minimum atomic E-state index is -0.0170. The van der Waals surface area contributed by atoms with Gasteiger partial charge in [0.25, 0.3) is 0 Å². The molecule has 0 aliphatic rings. The third kappa shape index (κ3) is 5.04. The third-order valence-corrected chi connectivity index (χ3v) is 2.95. The van der Waals surface area contributed by atoms with Gasteiger partial charge >= 0.3 is 0 Å². The predicted molar refractivity (Wildman–Crippen MR) is 82.9 cm³/mol. The van der Waals surface area contributed by atoms with Crippen molar-refractivity contribution in [3.8, 4) is 6.07 Å². The van der Waals surface area contributed by atoms with Gasteiger partial charge in [-0.25, -0.2) is 9.97 Å². The van der Waals surface area contributed by atoms with Crippen LogP contribution < -0.4 is 10.2 Å². The van der Waals surface area contributed by atoms with Crippen molar-refractivity contribution in [3.05, 3.63) is 11.9 Å². The van der Waals surface area contributed by atoms with Gasteiger partial charge < -0.3 is 10.2 Å². The number of nitrogens with one attached hydrogen (secondary N) is 1. The normalized spacial score (nSPS) is 11.8. The lowest BCUT2D eigenvalue weighted by Gasteiger charge is -2.20. The summed E-state index contributed by atoms with van der Waals surface area (Å²) in [6.45, 7) is 7.74. The van der Waals surface area contributed by atoms with E-state index < -0.39 is 0 Å². The standard InChI is InChI=1S/C15H25N5/c1-5-7-13-18-14(17-8-6-2)9-15(19-13)20(4)11-12(3)10-16/h9,12H,5-8,11H2,1-4H3,(H,17,18,19). The fraction of sp³-hybridized carbons (Fsp3) is 0.667. The first-order valence-corrected chi connectivity index (χ1v) is 7.33. The Kier molecular flexibility index (Phi) is 6.78. The maximum atomic E-state index is 8.92. The van der Waals surface area contributed by atoms with Crippen LogP contribution in [-0.2, 0) is 6.42 Å². The lowest BCUT2D eigenvalue weighted by Crippen LogP contribution is -2.25. The van der Waals surface area contributed by atoms with Crippen molar-refractivity contribution in [2.24, 2.45) is 5.92 Å². The molecule has 1 N–H and O–H groups in total. The second-order valence-corrected chi connectivity index (χ2v) is 5.12. The van der Waals surface area contributed by atoms with Gasteiger partial charge in [0.05, 0.1) is 12.0 Å². The molecule has 1 rings (SSSR count). The third-order valence-electron chi connectivity index (χ3n) is 2.95. The van der Waals surface area contributed by atoms with E-state index in [0.29, 0.717) is 6.54 Å². The molecule has 0 aliphatic carbocycles. The SMILES string of the molecule is CCCNc1cc(N(C)CC(C)C#N)nc(CCC)n1. The van der Waals surface area contributed by atoms with Crippen LogP contribution in [0.1, 0.15) is 39.4 Å². The van der Waals surface area contributed by atoms with Crippen LogP contribution >= 0.6 is 0 Å². The molecule has 1 aromatic rings. The largest absolute Gasteiger partial charge is 0.370 e. The maximum absolute atomic E-state index is 8.92. The van der Waals surface area contributed by atoms with Crippen molar-refractivity contribution in [1.29, 1.82) is 5.26 Å². The summed E-state index contributed by atoms with van der Waals surface area (Å²) in [5.41, 5.74) is 0. The number of rotatable bonds is 8. The molecule has 1 aromatic heterocycles. The van der Waals surface area contributed by atoms with E-state index in [1.54, 1.807) is 0 Å². The molecule has 5 heteroatoms. The summed E-state index contributed by atoms with van der Waals surface area (Å²) in [7, 11) is 1.97.